The molecule has 1 heterocycles. The summed E-state index contributed by atoms with van der Waals surface area (Å²) in [7, 11) is 1.68. The molecule has 1 N–H and O–H groups in total. The van der Waals surface area contributed by atoms with Crippen molar-refractivity contribution in [3.8, 4) is 0 Å². The molecule has 0 unspecified atom stereocenters. The van der Waals surface area contributed by atoms with Crippen LogP contribution in [0.4, 0.5) is 0 Å². The predicted octanol–water partition coefficient (Wildman–Crippen LogP) is 1.45. The van der Waals surface area contributed by atoms with E-state index in [1.165, 1.54) is 19.3 Å². The topological polar surface area (TPSA) is 39.7 Å². The van der Waals surface area contributed by atoms with Crippen LogP contribution < -0.4 is 5.32 Å². The molecule has 1 fully saturated rings. The van der Waals surface area contributed by atoms with Gasteiger partial charge in [-0.05, 0) is 18.3 Å². The van der Waals surface area contributed by atoms with Crippen LogP contribution in [-0.4, -0.2) is 53.2 Å². The maximum absolute atomic E-state index is 5.60. The van der Waals surface area contributed by atoms with Gasteiger partial charge < -0.3 is 19.5 Å². The van der Waals surface area contributed by atoms with Gasteiger partial charge in [0.1, 0.15) is 0 Å². The van der Waals surface area contributed by atoms with Gasteiger partial charge in [-0.3, -0.25) is 0 Å². The quantitative estimate of drug-likeness (QED) is 0.559. The first-order valence-corrected chi connectivity index (χ1v) is 6.68. The van der Waals surface area contributed by atoms with E-state index in [-0.39, 0.29) is 0 Å². The molecule has 0 aliphatic carbocycles. The number of methoxy groups -OCH3 is 1. The zero-order chi connectivity index (χ0) is 12.4. The van der Waals surface area contributed by atoms with Crippen LogP contribution in [0.5, 0.6) is 0 Å². The Bertz CT molecular complexity index is 184. The molecule has 0 radical (unpaired) electrons. The van der Waals surface area contributed by atoms with Crippen LogP contribution in [0.1, 0.15) is 26.2 Å². The maximum Gasteiger partial charge on any atom is 0.0701 e. The third-order valence-corrected chi connectivity index (χ3v) is 3.36. The van der Waals surface area contributed by atoms with Crippen molar-refractivity contribution in [3.05, 3.63) is 0 Å². The lowest BCUT2D eigenvalue weighted by atomic mass is 9.75. The molecule has 102 valence electrons. The molecule has 0 aromatic rings. The molecule has 1 rings (SSSR count). The monoisotopic (exact) mass is 245 g/mol. The fourth-order valence-electron chi connectivity index (χ4n) is 2.24. The Hall–Kier alpha value is -0.160. The van der Waals surface area contributed by atoms with Gasteiger partial charge in [-0.1, -0.05) is 13.3 Å². The highest BCUT2D eigenvalue weighted by Crippen LogP contribution is 2.32. The third kappa shape index (κ3) is 5.82. The Morgan fingerprint density at radius 1 is 0.941 bits per heavy atom. The Kier molecular flexibility index (Phi) is 7.77. The lowest BCUT2D eigenvalue weighted by Crippen LogP contribution is -2.53. The molecule has 0 aromatic carbocycles. The van der Waals surface area contributed by atoms with Gasteiger partial charge in [-0.2, -0.15) is 0 Å². The van der Waals surface area contributed by atoms with Crippen LogP contribution in [0.15, 0.2) is 0 Å². The minimum absolute atomic E-state index is 0.520. The molecule has 4 heteroatoms. The number of ether oxygens (including phenoxy) is 3. The molecule has 0 aromatic heterocycles. The van der Waals surface area contributed by atoms with Crippen molar-refractivity contribution in [3.63, 3.8) is 0 Å². The van der Waals surface area contributed by atoms with Crippen LogP contribution in [0.2, 0.25) is 0 Å². The molecule has 1 aliphatic rings. The average Bonchev–Trinajstić information content (AvgIpc) is 2.29. The Balaban J connectivity index is 1.89. The fourth-order valence-corrected chi connectivity index (χ4v) is 2.24. The fraction of sp³-hybridized carbons (Fsp3) is 1.00. The van der Waals surface area contributed by atoms with E-state index in [0.29, 0.717) is 31.8 Å². The summed E-state index contributed by atoms with van der Waals surface area (Å²) < 4.78 is 15.8. The van der Waals surface area contributed by atoms with Crippen LogP contribution in [0.25, 0.3) is 0 Å². The minimum atomic E-state index is 0.520. The standard InChI is InChI=1S/C13H27NO3/c1-3-4-13(11-14-12-13)5-6-16-9-10-17-8-7-15-2/h14H,3-12H2,1-2H3. The predicted molar refractivity (Wildman–Crippen MR) is 68.3 cm³/mol. The van der Waals surface area contributed by atoms with Gasteiger partial charge in [0.25, 0.3) is 0 Å². The molecule has 4 nitrogen and oxygen atoms in total. The molecule has 0 spiro atoms. The molecule has 1 saturated heterocycles. The molecule has 0 saturated carbocycles. The van der Waals surface area contributed by atoms with Crippen LogP contribution >= 0.6 is 0 Å². The largest absolute Gasteiger partial charge is 0.382 e. The van der Waals surface area contributed by atoms with Crippen molar-refractivity contribution in [1.29, 1.82) is 0 Å². The highest BCUT2D eigenvalue weighted by atomic mass is 16.5. The van der Waals surface area contributed by atoms with E-state index in [2.05, 4.69) is 12.2 Å². The second-order valence-electron chi connectivity index (χ2n) is 4.82. The van der Waals surface area contributed by atoms with Gasteiger partial charge in [0.2, 0.25) is 0 Å². The maximum atomic E-state index is 5.60. The summed E-state index contributed by atoms with van der Waals surface area (Å²) in [6.45, 7) is 8.11. The van der Waals surface area contributed by atoms with Crippen molar-refractivity contribution in [1.82, 2.24) is 5.32 Å². The molecule has 17 heavy (non-hydrogen) atoms. The second kappa shape index (κ2) is 8.86. The van der Waals surface area contributed by atoms with E-state index in [4.69, 9.17) is 14.2 Å². The minimum Gasteiger partial charge on any atom is -0.382 e. The first-order valence-electron chi connectivity index (χ1n) is 6.68. The van der Waals surface area contributed by atoms with E-state index in [1.54, 1.807) is 7.11 Å². The first-order chi connectivity index (χ1) is 8.33. The summed E-state index contributed by atoms with van der Waals surface area (Å²) in [4.78, 5) is 0. The van der Waals surface area contributed by atoms with Gasteiger partial charge in [-0.15, -0.1) is 0 Å². The number of hydrogen-bond donors (Lipinski definition) is 1. The lowest BCUT2D eigenvalue weighted by molar-refractivity contribution is 0.00892. The van der Waals surface area contributed by atoms with E-state index < -0.39 is 0 Å². The Labute approximate surface area is 105 Å². The summed E-state index contributed by atoms with van der Waals surface area (Å²) in [5, 5.41) is 3.37. The van der Waals surface area contributed by atoms with Gasteiger partial charge >= 0.3 is 0 Å². The second-order valence-corrected chi connectivity index (χ2v) is 4.82. The van der Waals surface area contributed by atoms with Gasteiger partial charge in [0.15, 0.2) is 0 Å². The van der Waals surface area contributed by atoms with E-state index in [0.717, 1.165) is 19.7 Å². The van der Waals surface area contributed by atoms with Gasteiger partial charge in [0, 0.05) is 26.8 Å². The summed E-state index contributed by atoms with van der Waals surface area (Å²) >= 11 is 0. The zero-order valence-electron chi connectivity index (χ0n) is 11.3. The summed E-state index contributed by atoms with van der Waals surface area (Å²) in [6.07, 6.45) is 3.75. The Morgan fingerprint density at radius 3 is 2.12 bits per heavy atom. The van der Waals surface area contributed by atoms with Crippen molar-refractivity contribution < 1.29 is 14.2 Å². The zero-order valence-corrected chi connectivity index (χ0v) is 11.3. The summed E-state index contributed by atoms with van der Waals surface area (Å²) in [5.74, 6) is 0. The highest BCUT2D eigenvalue weighted by Gasteiger charge is 2.35. The van der Waals surface area contributed by atoms with Crippen molar-refractivity contribution >= 4 is 0 Å². The number of rotatable bonds is 11. The van der Waals surface area contributed by atoms with Crippen LogP contribution in [0, 0.1) is 5.41 Å². The number of hydrogen-bond acceptors (Lipinski definition) is 4. The highest BCUT2D eigenvalue weighted by molar-refractivity contribution is 4.91. The molecule has 0 atom stereocenters. The van der Waals surface area contributed by atoms with Crippen LogP contribution in [-0.2, 0) is 14.2 Å². The Morgan fingerprint density at radius 2 is 1.59 bits per heavy atom. The van der Waals surface area contributed by atoms with Crippen molar-refractivity contribution in [2.24, 2.45) is 5.41 Å². The summed E-state index contributed by atoms with van der Waals surface area (Å²) in [6, 6.07) is 0. The summed E-state index contributed by atoms with van der Waals surface area (Å²) in [5.41, 5.74) is 0.520. The smallest absolute Gasteiger partial charge is 0.0701 e. The van der Waals surface area contributed by atoms with Crippen molar-refractivity contribution in [2.45, 2.75) is 26.2 Å². The van der Waals surface area contributed by atoms with E-state index in [9.17, 15) is 0 Å². The van der Waals surface area contributed by atoms with E-state index in [1.807, 2.05) is 0 Å². The lowest BCUT2D eigenvalue weighted by Gasteiger charge is -2.43. The van der Waals surface area contributed by atoms with Crippen LogP contribution in [0.3, 0.4) is 0 Å². The van der Waals surface area contributed by atoms with Crippen molar-refractivity contribution in [2.75, 3.05) is 53.2 Å². The first kappa shape index (κ1) is 14.9. The SMILES string of the molecule is CCCC1(CCOCCOCCOC)CNC1. The normalized spacial score (nSPS) is 18.0. The average molecular weight is 245 g/mol. The van der Waals surface area contributed by atoms with E-state index >= 15 is 0 Å². The molecule has 0 amide bonds. The van der Waals surface area contributed by atoms with Gasteiger partial charge in [-0.25, -0.2) is 0 Å². The molecule has 1 aliphatic heterocycles. The number of nitrogens with one attached hydrogen (secondary N) is 1. The van der Waals surface area contributed by atoms with Gasteiger partial charge in [0.05, 0.1) is 26.4 Å². The third-order valence-electron chi connectivity index (χ3n) is 3.36. The molecular formula is C13H27NO3. The molecule has 0 bridgehead atoms. The molecular weight excluding hydrogens is 218 g/mol.